The summed E-state index contributed by atoms with van der Waals surface area (Å²) < 4.78 is 33.0. The number of nitrogens with zero attached hydrogens (tertiary/aromatic N) is 2. The van der Waals surface area contributed by atoms with E-state index in [1.54, 1.807) is 12.1 Å². The van der Waals surface area contributed by atoms with Gasteiger partial charge >= 0.3 is 0 Å². The van der Waals surface area contributed by atoms with Crippen LogP contribution in [0, 0.1) is 0 Å². The minimum absolute atomic E-state index is 0.132. The van der Waals surface area contributed by atoms with Crippen LogP contribution in [-0.4, -0.2) is 74.0 Å². The molecule has 1 aromatic carbocycles. The number of morpholine rings is 1. The van der Waals surface area contributed by atoms with Gasteiger partial charge in [-0.15, -0.1) is 0 Å². The molecule has 0 aromatic heterocycles. The van der Waals surface area contributed by atoms with E-state index in [-0.39, 0.29) is 29.1 Å². The molecule has 2 atom stereocenters. The first-order valence-electron chi connectivity index (χ1n) is 10.6. The van der Waals surface area contributed by atoms with Gasteiger partial charge in [0.05, 0.1) is 17.1 Å². The number of amides is 1. The van der Waals surface area contributed by atoms with Crippen molar-refractivity contribution in [3.8, 4) is 0 Å². The van der Waals surface area contributed by atoms with Gasteiger partial charge in [-0.05, 0) is 63.8 Å². The average molecular weight is 422 g/mol. The van der Waals surface area contributed by atoms with Crippen molar-refractivity contribution < 1.29 is 17.9 Å². The molecular formula is C21H31N3O4S. The molecule has 3 fully saturated rings. The summed E-state index contributed by atoms with van der Waals surface area (Å²) in [6.07, 6.45) is 4.31. The van der Waals surface area contributed by atoms with Gasteiger partial charge in [-0.25, -0.2) is 8.42 Å². The van der Waals surface area contributed by atoms with E-state index >= 15 is 0 Å². The number of ether oxygens (including phenoxy) is 1. The summed E-state index contributed by atoms with van der Waals surface area (Å²) in [5.74, 6) is -0.132. The number of carbonyl (C=O) groups excluding carboxylic acids is 1. The molecule has 1 aliphatic carbocycles. The quantitative estimate of drug-likeness (QED) is 0.785. The number of piperidine rings is 1. The fourth-order valence-electron chi connectivity index (χ4n) is 4.37. The van der Waals surface area contributed by atoms with Crippen LogP contribution in [-0.2, 0) is 14.8 Å². The third kappa shape index (κ3) is 4.82. The minimum Gasteiger partial charge on any atom is -0.373 e. The van der Waals surface area contributed by atoms with Gasteiger partial charge in [0.1, 0.15) is 0 Å². The molecule has 29 heavy (non-hydrogen) atoms. The lowest BCUT2D eigenvalue weighted by Gasteiger charge is -2.34. The summed E-state index contributed by atoms with van der Waals surface area (Å²) in [5.41, 5.74) is 0.497. The van der Waals surface area contributed by atoms with E-state index in [9.17, 15) is 13.2 Å². The Kier molecular flexibility index (Phi) is 5.97. The van der Waals surface area contributed by atoms with E-state index in [1.807, 2.05) is 13.8 Å². The van der Waals surface area contributed by atoms with Crippen LogP contribution in [0.2, 0.25) is 0 Å². The summed E-state index contributed by atoms with van der Waals surface area (Å²) in [6, 6.07) is 7.25. The number of benzene rings is 1. The predicted octanol–water partition coefficient (Wildman–Crippen LogP) is 1.84. The second-order valence-corrected chi connectivity index (χ2v) is 10.6. The number of hydrogen-bond acceptors (Lipinski definition) is 5. The standard InChI is InChI=1S/C21H31N3O4S/c1-15-13-24(14-16(2)28-15)29(26,27)20-7-3-17(4-8-20)21(25)22-18-9-11-23(12-10-18)19-5-6-19/h3-4,7-8,15-16,18-19H,5-6,9-14H2,1-2H3,(H,22,25). The van der Waals surface area contributed by atoms with Gasteiger partial charge in [0.15, 0.2) is 0 Å². The number of rotatable bonds is 5. The zero-order valence-electron chi connectivity index (χ0n) is 17.2. The fraction of sp³-hybridized carbons (Fsp3) is 0.667. The summed E-state index contributed by atoms with van der Waals surface area (Å²) in [7, 11) is -3.59. The van der Waals surface area contributed by atoms with Crippen LogP contribution in [0.25, 0.3) is 0 Å². The zero-order chi connectivity index (χ0) is 20.6. The molecule has 0 spiro atoms. The summed E-state index contributed by atoms with van der Waals surface area (Å²) in [4.78, 5) is 15.3. The van der Waals surface area contributed by atoms with Crippen molar-refractivity contribution in [2.75, 3.05) is 26.2 Å². The molecule has 0 bridgehead atoms. The van der Waals surface area contributed by atoms with Gasteiger partial charge in [-0.1, -0.05) is 0 Å². The third-order valence-corrected chi connectivity index (χ3v) is 7.91. The second-order valence-electron chi connectivity index (χ2n) is 8.62. The molecule has 2 unspecified atom stereocenters. The molecule has 3 aliphatic rings. The van der Waals surface area contributed by atoms with Crippen LogP contribution < -0.4 is 5.32 Å². The molecule has 2 heterocycles. The molecule has 160 valence electrons. The van der Waals surface area contributed by atoms with Gasteiger partial charge in [-0.3, -0.25) is 4.79 Å². The molecule has 1 aromatic rings. The molecule has 2 saturated heterocycles. The number of sulfonamides is 1. The highest BCUT2D eigenvalue weighted by Crippen LogP contribution is 2.29. The molecule has 1 saturated carbocycles. The van der Waals surface area contributed by atoms with Crippen molar-refractivity contribution in [3.05, 3.63) is 29.8 Å². The Balaban J connectivity index is 1.36. The molecule has 7 nitrogen and oxygen atoms in total. The van der Waals surface area contributed by atoms with Crippen molar-refractivity contribution in [2.45, 2.75) is 68.7 Å². The topological polar surface area (TPSA) is 79.0 Å². The average Bonchev–Trinajstić information content (AvgIpc) is 3.53. The minimum atomic E-state index is -3.59. The van der Waals surface area contributed by atoms with E-state index in [2.05, 4.69) is 10.2 Å². The van der Waals surface area contributed by atoms with Crippen molar-refractivity contribution in [1.82, 2.24) is 14.5 Å². The summed E-state index contributed by atoms with van der Waals surface area (Å²) >= 11 is 0. The second kappa shape index (κ2) is 8.34. The van der Waals surface area contributed by atoms with E-state index < -0.39 is 10.0 Å². The summed E-state index contributed by atoms with van der Waals surface area (Å²) in [6.45, 7) is 6.52. The lowest BCUT2D eigenvalue weighted by atomic mass is 10.0. The van der Waals surface area contributed by atoms with E-state index in [1.165, 1.54) is 29.3 Å². The Morgan fingerprint density at radius 2 is 1.59 bits per heavy atom. The highest BCUT2D eigenvalue weighted by Gasteiger charge is 2.33. The van der Waals surface area contributed by atoms with Gasteiger partial charge in [0.2, 0.25) is 10.0 Å². The molecular weight excluding hydrogens is 390 g/mol. The van der Waals surface area contributed by atoms with Crippen LogP contribution in [0.3, 0.4) is 0 Å². The fourth-order valence-corrected chi connectivity index (χ4v) is 5.96. The summed E-state index contributed by atoms with van der Waals surface area (Å²) in [5, 5.41) is 3.11. The molecule has 8 heteroatoms. The number of carbonyl (C=O) groups is 1. The zero-order valence-corrected chi connectivity index (χ0v) is 18.0. The van der Waals surface area contributed by atoms with Crippen LogP contribution in [0.15, 0.2) is 29.2 Å². The largest absolute Gasteiger partial charge is 0.373 e. The molecule has 0 radical (unpaired) electrons. The van der Waals surface area contributed by atoms with Gasteiger partial charge in [-0.2, -0.15) is 4.31 Å². The Morgan fingerprint density at radius 1 is 1.00 bits per heavy atom. The molecule has 2 aliphatic heterocycles. The van der Waals surface area contributed by atoms with E-state index in [0.717, 1.165) is 32.0 Å². The maximum atomic E-state index is 12.9. The normalized spacial score (nSPS) is 27.7. The number of likely N-dealkylation sites (tertiary alicyclic amines) is 1. The Hall–Kier alpha value is -1.48. The van der Waals surface area contributed by atoms with Crippen LogP contribution in [0.5, 0.6) is 0 Å². The van der Waals surface area contributed by atoms with Crippen LogP contribution in [0.1, 0.15) is 49.9 Å². The first-order chi connectivity index (χ1) is 13.8. The van der Waals surface area contributed by atoms with E-state index in [0.29, 0.717) is 18.7 Å². The van der Waals surface area contributed by atoms with Crippen molar-refractivity contribution in [1.29, 1.82) is 0 Å². The lowest BCUT2D eigenvalue weighted by Crippen LogP contribution is -2.48. The number of hydrogen-bond donors (Lipinski definition) is 1. The Labute approximate surface area is 173 Å². The smallest absolute Gasteiger partial charge is 0.251 e. The first kappa shape index (κ1) is 20.8. The van der Waals surface area contributed by atoms with Gasteiger partial charge in [0.25, 0.3) is 5.91 Å². The SMILES string of the molecule is CC1CN(S(=O)(=O)c2ccc(C(=O)NC3CCN(C4CC4)CC3)cc2)CC(C)O1. The highest BCUT2D eigenvalue weighted by atomic mass is 32.2. The van der Waals surface area contributed by atoms with Crippen LogP contribution in [0.4, 0.5) is 0 Å². The number of nitrogens with one attached hydrogen (secondary N) is 1. The Morgan fingerprint density at radius 3 is 2.14 bits per heavy atom. The lowest BCUT2D eigenvalue weighted by molar-refractivity contribution is -0.0440. The predicted molar refractivity (Wildman–Crippen MR) is 110 cm³/mol. The van der Waals surface area contributed by atoms with Crippen molar-refractivity contribution in [3.63, 3.8) is 0 Å². The molecule has 1 amide bonds. The maximum absolute atomic E-state index is 12.9. The molecule has 1 N–H and O–H groups in total. The monoisotopic (exact) mass is 421 g/mol. The maximum Gasteiger partial charge on any atom is 0.251 e. The third-order valence-electron chi connectivity index (χ3n) is 6.07. The first-order valence-corrected chi connectivity index (χ1v) is 12.1. The van der Waals surface area contributed by atoms with Gasteiger partial charge < -0.3 is 15.0 Å². The van der Waals surface area contributed by atoms with Crippen LogP contribution >= 0.6 is 0 Å². The van der Waals surface area contributed by atoms with E-state index in [4.69, 9.17) is 4.74 Å². The molecule has 4 rings (SSSR count). The van der Waals surface area contributed by atoms with Crippen molar-refractivity contribution >= 4 is 15.9 Å². The Bertz CT molecular complexity index is 820. The van der Waals surface area contributed by atoms with Gasteiger partial charge in [0, 0.05) is 43.8 Å². The highest BCUT2D eigenvalue weighted by molar-refractivity contribution is 7.89. The van der Waals surface area contributed by atoms with Crippen molar-refractivity contribution in [2.24, 2.45) is 0 Å².